The van der Waals surface area contributed by atoms with Gasteiger partial charge >= 0.3 is 5.97 Å². The number of pyridine rings is 1. The van der Waals surface area contributed by atoms with Crippen molar-refractivity contribution in [2.24, 2.45) is 0 Å². The number of hydrogen-bond acceptors (Lipinski definition) is 4. The van der Waals surface area contributed by atoms with Crippen LogP contribution >= 0.6 is 0 Å². The van der Waals surface area contributed by atoms with Gasteiger partial charge in [0.2, 0.25) is 0 Å². The van der Waals surface area contributed by atoms with Crippen LogP contribution in [0.2, 0.25) is 0 Å². The summed E-state index contributed by atoms with van der Waals surface area (Å²) in [5, 5.41) is 0. The molecule has 1 atom stereocenters. The molecule has 0 N–H and O–H groups in total. The summed E-state index contributed by atoms with van der Waals surface area (Å²) in [6.07, 6.45) is 2.12. The van der Waals surface area contributed by atoms with E-state index in [2.05, 4.69) is 9.88 Å². The third kappa shape index (κ3) is 4.00. The lowest BCUT2D eigenvalue weighted by atomic mass is 9.85. The fourth-order valence-corrected chi connectivity index (χ4v) is 2.82. The average molecular weight is 296 g/mol. The first kappa shape index (κ1) is 17.6. The van der Waals surface area contributed by atoms with Gasteiger partial charge in [0.15, 0.2) is 0 Å². The molecular weight excluding hydrogens is 271 g/mol. The van der Waals surface area contributed by atoms with Gasteiger partial charge in [-0.1, -0.05) is 20.8 Å². The Kier molecular flexibility index (Phi) is 6.75. The number of ether oxygens (including phenoxy) is 1. The number of esters is 1. The van der Waals surface area contributed by atoms with Crippen molar-refractivity contribution < 1.29 is 13.9 Å². The summed E-state index contributed by atoms with van der Waals surface area (Å²) in [5.41, 5.74) is 0.159. The molecule has 0 bridgehead atoms. The molecule has 0 amide bonds. The fourth-order valence-electron chi connectivity index (χ4n) is 2.82. The van der Waals surface area contributed by atoms with Gasteiger partial charge in [0.25, 0.3) is 0 Å². The van der Waals surface area contributed by atoms with Gasteiger partial charge in [0, 0.05) is 0 Å². The molecule has 0 saturated heterocycles. The molecule has 5 heteroatoms. The third-order valence-corrected chi connectivity index (χ3v) is 3.90. The van der Waals surface area contributed by atoms with E-state index in [0.717, 1.165) is 13.1 Å². The SMILES string of the molecule is CCOC(=O)CC(CC)(c1ccc(F)cn1)N(CC)CC. The highest BCUT2D eigenvalue weighted by Gasteiger charge is 2.39. The van der Waals surface area contributed by atoms with Gasteiger partial charge in [-0.25, -0.2) is 4.39 Å². The van der Waals surface area contributed by atoms with E-state index in [1.54, 1.807) is 13.0 Å². The predicted octanol–water partition coefficient (Wildman–Crippen LogP) is 3.12. The Morgan fingerprint density at radius 1 is 1.29 bits per heavy atom. The van der Waals surface area contributed by atoms with Crippen LogP contribution < -0.4 is 0 Å². The molecule has 0 aliphatic rings. The number of aromatic nitrogens is 1. The summed E-state index contributed by atoms with van der Waals surface area (Å²) in [5.74, 6) is -0.628. The quantitative estimate of drug-likeness (QED) is 0.691. The largest absolute Gasteiger partial charge is 0.466 e. The van der Waals surface area contributed by atoms with E-state index in [0.29, 0.717) is 18.7 Å². The number of rotatable bonds is 8. The minimum absolute atomic E-state index is 0.220. The van der Waals surface area contributed by atoms with Crippen molar-refractivity contribution in [3.05, 3.63) is 29.8 Å². The molecule has 1 heterocycles. The molecule has 4 nitrogen and oxygen atoms in total. The smallest absolute Gasteiger partial charge is 0.308 e. The maximum absolute atomic E-state index is 13.2. The topological polar surface area (TPSA) is 42.4 Å². The number of halogens is 1. The van der Waals surface area contributed by atoms with Crippen molar-refractivity contribution in [2.75, 3.05) is 19.7 Å². The summed E-state index contributed by atoms with van der Waals surface area (Å²) in [4.78, 5) is 18.5. The van der Waals surface area contributed by atoms with E-state index >= 15 is 0 Å². The van der Waals surface area contributed by atoms with Gasteiger partial charge in [-0.05, 0) is 38.6 Å². The summed E-state index contributed by atoms with van der Waals surface area (Å²) in [6.45, 7) is 9.81. The molecule has 0 fully saturated rings. The van der Waals surface area contributed by atoms with Crippen molar-refractivity contribution in [1.29, 1.82) is 0 Å². The molecule has 21 heavy (non-hydrogen) atoms. The lowest BCUT2D eigenvalue weighted by Crippen LogP contribution is -2.48. The van der Waals surface area contributed by atoms with Crippen LogP contribution in [-0.2, 0) is 15.1 Å². The zero-order valence-corrected chi connectivity index (χ0v) is 13.4. The summed E-state index contributed by atoms with van der Waals surface area (Å²) < 4.78 is 18.3. The molecule has 0 radical (unpaired) electrons. The van der Waals surface area contributed by atoms with E-state index in [1.165, 1.54) is 12.3 Å². The van der Waals surface area contributed by atoms with Gasteiger partial charge < -0.3 is 4.74 Å². The van der Waals surface area contributed by atoms with Crippen molar-refractivity contribution in [3.8, 4) is 0 Å². The molecule has 0 saturated carbocycles. The second kappa shape index (κ2) is 8.08. The normalized spacial score (nSPS) is 14.0. The van der Waals surface area contributed by atoms with E-state index in [-0.39, 0.29) is 18.2 Å². The number of hydrogen-bond donors (Lipinski definition) is 0. The van der Waals surface area contributed by atoms with Crippen LogP contribution in [0.5, 0.6) is 0 Å². The van der Waals surface area contributed by atoms with Crippen LogP contribution in [0.25, 0.3) is 0 Å². The minimum atomic E-state index is -0.552. The Hall–Kier alpha value is -1.49. The molecule has 0 aromatic carbocycles. The number of carbonyl (C=O) groups excluding carboxylic acids is 1. The molecule has 0 aliphatic carbocycles. The monoisotopic (exact) mass is 296 g/mol. The highest BCUT2D eigenvalue weighted by Crippen LogP contribution is 2.34. The minimum Gasteiger partial charge on any atom is -0.466 e. The Labute approximate surface area is 126 Å². The highest BCUT2D eigenvalue weighted by molar-refractivity contribution is 5.71. The molecule has 1 aromatic rings. The first-order valence-corrected chi connectivity index (χ1v) is 7.56. The summed E-state index contributed by atoms with van der Waals surface area (Å²) in [7, 11) is 0. The molecule has 118 valence electrons. The van der Waals surface area contributed by atoms with Crippen molar-refractivity contribution in [1.82, 2.24) is 9.88 Å². The molecule has 1 unspecified atom stereocenters. The van der Waals surface area contributed by atoms with Gasteiger partial charge in [0.05, 0.1) is 30.5 Å². The third-order valence-electron chi connectivity index (χ3n) is 3.90. The highest BCUT2D eigenvalue weighted by atomic mass is 19.1. The van der Waals surface area contributed by atoms with E-state index < -0.39 is 5.54 Å². The Morgan fingerprint density at radius 2 is 1.95 bits per heavy atom. The van der Waals surface area contributed by atoms with Gasteiger partial charge in [0.1, 0.15) is 5.82 Å². The molecule has 1 aromatic heterocycles. The standard InChI is InChI=1S/C16H25FN2O2/c1-5-16(19(6-2)7-3,11-15(20)21-8-4)14-10-9-13(17)12-18-14/h9-10,12H,5-8,11H2,1-4H3. The second-order valence-electron chi connectivity index (χ2n) is 4.90. The van der Waals surface area contributed by atoms with Crippen LogP contribution in [0.15, 0.2) is 18.3 Å². The Morgan fingerprint density at radius 3 is 2.38 bits per heavy atom. The number of nitrogens with zero attached hydrogens (tertiary/aromatic N) is 2. The van der Waals surface area contributed by atoms with Crippen molar-refractivity contribution in [3.63, 3.8) is 0 Å². The lowest BCUT2D eigenvalue weighted by Gasteiger charge is -2.41. The van der Waals surface area contributed by atoms with E-state index in [4.69, 9.17) is 4.74 Å². The Bertz CT molecular complexity index is 446. The van der Waals surface area contributed by atoms with Crippen molar-refractivity contribution >= 4 is 5.97 Å². The zero-order valence-electron chi connectivity index (χ0n) is 13.4. The average Bonchev–Trinajstić information content (AvgIpc) is 2.48. The van der Waals surface area contributed by atoms with Crippen molar-refractivity contribution in [2.45, 2.75) is 46.1 Å². The van der Waals surface area contributed by atoms with Crippen LogP contribution in [0.1, 0.15) is 46.2 Å². The zero-order chi connectivity index (χ0) is 15.9. The van der Waals surface area contributed by atoms with Crippen LogP contribution in [0, 0.1) is 5.82 Å². The maximum atomic E-state index is 13.2. The van der Waals surface area contributed by atoms with E-state index in [9.17, 15) is 9.18 Å². The maximum Gasteiger partial charge on any atom is 0.308 e. The lowest BCUT2D eigenvalue weighted by molar-refractivity contribution is -0.147. The fraction of sp³-hybridized carbons (Fsp3) is 0.625. The second-order valence-corrected chi connectivity index (χ2v) is 4.90. The molecule has 0 spiro atoms. The van der Waals surface area contributed by atoms with Crippen LogP contribution in [-0.4, -0.2) is 35.5 Å². The summed E-state index contributed by atoms with van der Waals surface area (Å²) in [6, 6.07) is 3.05. The molecular formula is C16H25FN2O2. The Balaban J connectivity index is 3.24. The van der Waals surface area contributed by atoms with Gasteiger partial charge in [-0.3, -0.25) is 14.7 Å². The molecule has 0 aliphatic heterocycles. The van der Waals surface area contributed by atoms with Crippen LogP contribution in [0.4, 0.5) is 4.39 Å². The van der Waals surface area contributed by atoms with Gasteiger partial charge in [-0.15, -0.1) is 0 Å². The first-order chi connectivity index (χ1) is 10.0. The predicted molar refractivity (Wildman–Crippen MR) is 80.3 cm³/mol. The van der Waals surface area contributed by atoms with Crippen LogP contribution in [0.3, 0.4) is 0 Å². The van der Waals surface area contributed by atoms with E-state index in [1.807, 2.05) is 20.8 Å². The van der Waals surface area contributed by atoms with Gasteiger partial charge in [-0.2, -0.15) is 0 Å². The summed E-state index contributed by atoms with van der Waals surface area (Å²) >= 11 is 0. The number of carbonyl (C=O) groups is 1. The first-order valence-electron chi connectivity index (χ1n) is 7.56. The molecule has 1 rings (SSSR count).